The van der Waals surface area contributed by atoms with Gasteiger partial charge in [-0.15, -0.1) is 0 Å². The summed E-state index contributed by atoms with van der Waals surface area (Å²) in [5.41, 5.74) is 0. The Morgan fingerprint density at radius 1 is 1.16 bits per heavy atom. The molecule has 0 N–H and O–H groups in total. The predicted molar refractivity (Wildman–Crippen MR) is 76.2 cm³/mol. The standard InChI is InChI=1S/C15H28N2O2/c1-3-9-17(14-5-6-14)15(18)16(4-2)12-13-7-10-19-11-8-13/h13-14H,3-12H2,1-2H3. The summed E-state index contributed by atoms with van der Waals surface area (Å²) >= 11 is 0. The van der Waals surface area contributed by atoms with E-state index in [1.807, 2.05) is 4.90 Å². The molecule has 2 amide bonds. The minimum absolute atomic E-state index is 0.262. The summed E-state index contributed by atoms with van der Waals surface area (Å²) < 4.78 is 5.40. The molecule has 0 aromatic rings. The maximum Gasteiger partial charge on any atom is 0.320 e. The van der Waals surface area contributed by atoms with Crippen LogP contribution in [0.3, 0.4) is 0 Å². The summed E-state index contributed by atoms with van der Waals surface area (Å²) in [4.78, 5) is 16.8. The molecule has 110 valence electrons. The molecule has 0 aromatic heterocycles. The second kappa shape index (κ2) is 7.13. The van der Waals surface area contributed by atoms with Crippen molar-refractivity contribution in [3.05, 3.63) is 0 Å². The van der Waals surface area contributed by atoms with Crippen molar-refractivity contribution in [3.8, 4) is 0 Å². The Labute approximate surface area is 117 Å². The van der Waals surface area contributed by atoms with Gasteiger partial charge in [-0.3, -0.25) is 0 Å². The van der Waals surface area contributed by atoms with Gasteiger partial charge in [0, 0.05) is 38.9 Å². The number of ether oxygens (including phenoxy) is 1. The van der Waals surface area contributed by atoms with Crippen molar-refractivity contribution in [2.45, 2.75) is 52.0 Å². The topological polar surface area (TPSA) is 32.8 Å². The highest BCUT2D eigenvalue weighted by atomic mass is 16.5. The number of nitrogens with zero attached hydrogens (tertiary/aromatic N) is 2. The van der Waals surface area contributed by atoms with Crippen molar-refractivity contribution in [3.63, 3.8) is 0 Å². The van der Waals surface area contributed by atoms with E-state index in [0.29, 0.717) is 12.0 Å². The lowest BCUT2D eigenvalue weighted by Gasteiger charge is -2.33. The Morgan fingerprint density at radius 2 is 1.84 bits per heavy atom. The van der Waals surface area contributed by atoms with E-state index in [2.05, 4.69) is 18.7 Å². The average Bonchev–Trinajstić information content (AvgIpc) is 3.27. The highest BCUT2D eigenvalue weighted by Gasteiger charge is 2.34. The van der Waals surface area contributed by atoms with Crippen molar-refractivity contribution >= 4 is 6.03 Å². The summed E-state index contributed by atoms with van der Waals surface area (Å²) in [5, 5.41) is 0. The van der Waals surface area contributed by atoms with Crippen LogP contribution in [-0.2, 0) is 4.74 Å². The summed E-state index contributed by atoms with van der Waals surface area (Å²) in [6.45, 7) is 8.60. The van der Waals surface area contributed by atoms with Crippen molar-refractivity contribution in [1.82, 2.24) is 9.80 Å². The van der Waals surface area contributed by atoms with Gasteiger partial charge in [-0.05, 0) is 44.9 Å². The molecule has 1 aliphatic heterocycles. The molecule has 4 heteroatoms. The molecule has 1 aliphatic carbocycles. The van der Waals surface area contributed by atoms with Crippen LogP contribution in [0, 0.1) is 5.92 Å². The van der Waals surface area contributed by atoms with Crippen molar-refractivity contribution in [2.24, 2.45) is 5.92 Å². The zero-order valence-corrected chi connectivity index (χ0v) is 12.4. The lowest BCUT2D eigenvalue weighted by atomic mass is 10.00. The van der Waals surface area contributed by atoms with Gasteiger partial charge in [-0.2, -0.15) is 0 Å². The maximum absolute atomic E-state index is 12.6. The first kappa shape index (κ1) is 14.6. The van der Waals surface area contributed by atoms with E-state index in [4.69, 9.17) is 4.74 Å². The molecule has 0 unspecified atom stereocenters. The molecule has 0 spiro atoms. The van der Waals surface area contributed by atoms with Crippen LogP contribution in [0.1, 0.15) is 46.0 Å². The van der Waals surface area contributed by atoms with Gasteiger partial charge in [0.1, 0.15) is 0 Å². The Hall–Kier alpha value is -0.770. The Bertz CT molecular complexity index is 286. The zero-order valence-electron chi connectivity index (χ0n) is 12.4. The van der Waals surface area contributed by atoms with Crippen LogP contribution in [0.15, 0.2) is 0 Å². The van der Waals surface area contributed by atoms with Gasteiger partial charge in [0.15, 0.2) is 0 Å². The number of carbonyl (C=O) groups excluding carboxylic acids is 1. The van der Waals surface area contributed by atoms with Crippen LogP contribution < -0.4 is 0 Å². The van der Waals surface area contributed by atoms with Crippen LogP contribution in [0.25, 0.3) is 0 Å². The highest BCUT2D eigenvalue weighted by Crippen LogP contribution is 2.28. The summed E-state index contributed by atoms with van der Waals surface area (Å²) in [6, 6.07) is 0.787. The third-order valence-electron chi connectivity index (χ3n) is 4.17. The van der Waals surface area contributed by atoms with Crippen molar-refractivity contribution < 1.29 is 9.53 Å². The van der Waals surface area contributed by atoms with Crippen LogP contribution in [-0.4, -0.2) is 54.7 Å². The SMILES string of the molecule is CCCN(C(=O)N(CC)CC1CCOCC1)C1CC1. The van der Waals surface area contributed by atoms with Crippen molar-refractivity contribution in [1.29, 1.82) is 0 Å². The normalized spacial score (nSPS) is 20.3. The number of rotatable bonds is 6. The van der Waals surface area contributed by atoms with E-state index < -0.39 is 0 Å². The Balaban J connectivity index is 1.88. The number of urea groups is 1. The third-order valence-corrected chi connectivity index (χ3v) is 4.17. The number of hydrogen-bond acceptors (Lipinski definition) is 2. The van der Waals surface area contributed by atoms with E-state index in [0.717, 1.165) is 52.1 Å². The van der Waals surface area contributed by atoms with Crippen molar-refractivity contribution in [2.75, 3.05) is 32.8 Å². The predicted octanol–water partition coefficient (Wildman–Crippen LogP) is 2.73. The summed E-state index contributed by atoms with van der Waals surface area (Å²) in [5.74, 6) is 0.625. The first-order valence-corrected chi connectivity index (χ1v) is 7.89. The van der Waals surface area contributed by atoms with E-state index in [1.165, 1.54) is 12.8 Å². The van der Waals surface area contributed by atoms with E-state index >= 15 is 0 Å². The molecule has 1 saturated carbocycles. The minimum Gasteiger partial charge on any atom is -0.381 e. The molecule has 1 saturated heterocycles. The fourth-order valence-corrected chi connectivity index (χ4v) is 2.83. The minimum atomic E-state index is 0.262. The molecule has 2 fully saturated rings. The lowest BCUT2D eigenvalue weighted by Crippen LogP contribution is -2.46. The first-order chi connectivity index (χ1) is 9.26. The molecule has 19 heavy (non-hydrogen) atoms. The molecule has 1 heterocycles. The summed E-state index contributed by atoms with van der Waals surface area (Å²) in [7, 11) is 0. The van der Waals surface area contributed by atoms with Crippen LogP contribution in [0.5, 0.6) is 0 Å². The fraction of sp³-hybridized carbons (Fsp3) is 0.933. The van der Waals surface area contributed by atoms with Gasteiger partial charge in [-0.25, -0.2) is 4.79 Å². The highest BCUT2D eigenvalue weighted by molar-refractivity contribution is 5.75. The lowest BCUT2D eigenvalue weighted by molar-refractivity contribution is 0.0538. The molecule has 2 aliphatic rings. The number of carbonyl (C=O) groups is 1. The smallest absolute Gasteiger partial charge is 0.320 e. The Kier molecular flexibility index (Phi) is 5.49. The van der Waals surface area contributed by atoms with E-state index in [1.54, 1.807) is 0 Å². The van der Waals surface area contributed by atoms with Crippen LogP contribution in [0.4, 0.5) is 4.79 Å². The molecular weight excluding hydrogens is 240 g/mol. The van der Waals surface area contributed by atoms with Crippen LogP contribution in [0.2, 0.25) is 0 Å². The molecule has 2 rings (SSSR count). The molecule has 0 atom stereocenters. The van der Waals surface area contributed by atoms with Gasteiger partial charge in [0.25, 0.3) is 0 Å². The molecule has 0 radical (unpaired) electrons. The van der Waals surface area contributed by atoms with E-state index in [9.17, 15) is 4.79 Å². The van der Waals surface area contributed by atoms with Gasteiger partial charge in [0.05, 0.1) is 0 Å². The van der Waals surface area contributed by atoms with Gasteiger partial charge in [0.2, 0.25) is 0 Å². The third kappa shape index (κ3) is 4.10. The first-order valence-electron chi connectivity index (χ1n) is 7.89. The van der Waals surface area contributed by atoms with Crippen LogP contribution >= 0.6 is 0 Å². The molecule has 4 nitrogen and oxygen atoms in total. The fourth-order valence-electron chi connectivity index (χ4n) is 2.83. The van der Waals surface area contributed by atoms with Gasteiger partial charge >= 0.3 is 6.03 Å². The number of hydrogen-bond donors (Lipinski definition) is 0. The second-order valence-electron chi connectivity index (χ2n) is 5.80. The summed E-state index contributed by atoms with van der Waals surface area (Å²) in [6.07, 6.45) is 5.64. The molecule has 0 bridgehead atoms. The van der Waals surface area contributed by atoms with Gasteiger partial charge < -0.3 is 14.5 Å². The largest absolute Gasteiger partial charge is 0.381 e. The molecular formula is C15H28N2O2. The Morgan fingerprint density at radius 3 is 2.37 bits per heavy atom. The second-order valence-corrected chi connectivity index (χ2v) is 5.80. The molecule has 0 aromatic carbocycles. The quantitative estimate of drug-likeness (QED) is 0.742. The van der Waals surface area contributed by atoms with E-state index in [-0.39, 0.29) is 6.03 Å². The monoisotopic (exact) mass is 268 g/mol. The number of amides is 2. The average molecular weight is 268 g/mol. The zero-order chi connectivity index (χ0) is 13.7. The van der Waals surface area contributed by atoms with Gasteiger partial charge in [-0.1, -0.05) is 6.92 Å². The maximum atomic E-state index is 12.6.